The van der Waals surface area contributed by atoms with Gasteiger partial charge in [-0.15, -0.1) is 0 Å². The van der Waals surface area contributed by atoms with E-state index >= 15 is 0 Å². The zero-order chi connectivity index (χ0) is 14.4. The first-order valence-corrected chi connectivity index (χ1v) is 5.10. The van der Waals surface area contributed by atoms with E-state index in [0.717, 1.165) is 0 Å². The number of halogens is 6. The topological polar surface area (TPSA) is 26.3 Å². The molecule has 0 atom stereocenters. The summed E-state index contributed by atoms with van der Waals surface area (Å²) >= 11 is 0. The molecule has 19 heavy (non-hydrogen) atoms. The molecule has 2 rings (SSSR count). The van der Waals surface area contributed by atoms with E-state index in [0.29, 0.717) is 0 Å². The Hall–Kier alpha value is -1.73. The quantitative estimate of drug-likeness (QED) is 0.679. The second-order valence-corrected chi connectivity index (χ2v) is 3.88. The fraction of sp³-hybridized carbons (Fsp3) is 0.364. The Morgan fingerprint density at radius 1 is 0.947 bits per heavy atom. The maximum atomic E-state index is 12.7. The van der Waals surface area contributed by atoms with Gasteiger partial charge < -0.3 is 4.74 Å². The van der Waals surface area contributed by atoms with Crippen molar-refractivity contribution in [2.75, 3.05) is 6.61 Å². The van der Waals surface area contributed by atoms with Gasteiger partial charge >= 0.3 is 12.4 Å². The van der Waals surface area contributed by atoms with E-state index in [2.05, 4.69) is 4.74 Å². The fourth-order valence-electron chi connectivity index (χ4n) is 1.84. The van der Waals surface area contributed by atoms with Gasteiger partial charge in [0, 0.05) is 6.42 Å². The molecule has 0 unspecified atom stereocenters. The van der Waals surface area contributed by atoms with Crippen LogP contribution in [0.25, 0.3) is 0 Å². The predicted octanol–water partition coefficient (Wildman–Crippen LogP) is 3.69. The van der Waals surface area contributed by atoms with Crippen LogP contribution in [0.2, 0.25) is 0 Å². The van der Waals surface area contributed by atoms with Crippen LogP contribution in [0.1, 0.15) is 27.9 Å². The number of rotatable bonds is 0. The minimum atomic E-state index is -4.91. The molecule has 8 heteroatoms. The van der Waals surface area contributed by atoms with Crippen LogP contribution in [-0.4, -0.2) is 12.4 Å². The zero-order valence-corrected chi connectivity index (χ0v) is 9.15. The molecule has 0 fully saturated rings. The van der Waals surface area contributed by atoms with Crippen molar-refractivity contribution < 1.29 is 35.9 Å². The second-order valence-electron chi connectivity index (χ2n) is 3.88. The molecule has 1 aliphatic heterocycles. The lowest BCUT2D eigenvalue weighted by molar-refractivity contribution is -0.142. The number of carbonyl (C=O) groups is 1. The van der Waals surface area contributed by atoms with Gasteiger partial charge in [-0.25, -0.2) is 0 Å². The molecule has 0 aromatic heterocycles. The summed E-state index contributed by atoms with van der Waals surface area (Å²) in [6, 6.07) is 0.536. The summed E-state index contributed by atoms with van der Waals surface area (Å²) < 4.78 is 80.7. The maximum absolute atomic E-state index is 12.7. The fourth-order valence-corrected chi connectivity index (χ4v) is 1.84. The monoisotopic (exact) mass is 284 g/mol. The first-order valence-electron chi connectivity index (χ1n) is 5.10. The summed E-state index contributed by atoms with van der Waals surface area (Å²) in [6.07, 6.45) is -10.2. The molecule has 0 radical (unpaired) electrons. The van der Waals surface area contributed by atoms with E-state index in [1.54, 1.807) is 0 Å². The van der Waals surface area contributed by atoms with Crippen LogP contribution in [0.15, 0.2) is 12.1 Å². The smallest absolute Gasteiger partial charge is 0.419 e. The Morgan fingerprint density at radius 2 is 1.47 bits per heavy atom. The maximum Gasteiger partial charge on any atom is 0.419 e. The Kier molecular flexibility index (Phi) is 2.98. The first kappa shape index (κ1) is 13.7. The minimum absolute atomic E-state index is 0.258. The van der Waals surface area contributed by atoms with Crippen molar-refractivity contribution >= 4 is 5.78 Å². The van der Waals surface area contributed by atoms with E-state index in [1.165, 1.54) is 0 Å². The lowest BCUT2D eigenvalue weighted by Gasteiger charge is -2.24. The van der Waals surface area contributed by atoms with Gasteiger partial charge in [-0.05, 0) is 12.1 Å². The number of Topliss-reactive ketones (excluding diaryl/α,β-unsaturated/α-hetero) is 1. The molecule has 0 amide bonds. The average Bonchev–Trinajstić information content (AvgIpc) is 2.25. The van der Waals surface area contributed by atoms with Crippen molar-refractivity contribution in [1.29, 1.82) is 0 Å². The number of fused-ring (bicyclic) bond motifs is 1. The molecule has 0 aliphatic carbocycles. The van der Waals surface area contributed by atoms with E-state index < -0.39 is 40.6 Å². The third kappa shape index (κ3) is 2.39. The van der Waals surface area contributed by atoms with E-state index in [-0.39, 0.29) is 25.2 Å². The molecular formula is C11H6F6O2. The molecule has 0 saturated heterocycles. The highest BCUT2D eigenvalue weighted by molar-refractivity contribution is 6.01. The molecule has 0 spiro atoms. The van der Waals surface area contributed by atoms with Gasteiger partial charge in [0.25, 0.3) is 0 Å². The summed E-state index contributed by atoms with van der Waals surface area (Å²) in [5.41, 5.74) is -3.81. The van der Waals surface area contributed by atoms with Crippen molar-refractivity contribution in [2.24, 2.45) is 0 Å². The van der Waals surface area contributed by atoms with Crippen LogP contribution in [0, 0.1) is 0 Å². The third-order valence-electron chi connectivity index (χ3n) is 2.62. The summed E-state index contributed by atoms with van der Waals surface area (Å²) in [4.78, 5) is 11.5. The van der Waals surface area contributed by atoms with Crippen molar-refractivity contribution in [3.63, 3.8) is 0 Å². The first-order chi connectivity index (χ1) is 8.62. The standard InChI is InChI=1S/C11H6F6O2/c12-10(13,14)5-1-2-6(11(15,16)17)9-8(5)7(18)3-4-19-9/h1-2H,3-4H2. The van der Waals surface area contributed by atoms with Crippen LogP contribution in [0.4, 0.5) is 26.3 Å². The summed E-state index contributed by atoms with van der Waals surface area (Å²) in [6.45, 7) is -0.365. The van der Waals surface area contributed by atoms with Gasteiger partial charge in [0.15, 0.2) is 5.78 Å². The van der Waals surface area contributed by atoms with Crippen LogP contribution in [-0.2, 0) is 12.4 Å². The normalized spacial score (nSPS) is 16.0. The summed E-state index contributed by atoms with van der Waals surface area (Å²) in [5.74, 6) is -2.03. The summed E-state index contributed by atoms with van der Waals surface area (Å²) in [7, 11) is 0. The van der Waals surface area contributed by atoms with E-state index in [1.807, 2.05) is 0 Å². The highest BCUT2D eigenvalue weighted by Gasteiger charge is 2.43. The zero-order valence-electron chi connectivity index (χ0n) is 9.15. The predicted molar refractivity (Wildman–Crippen MR) is 50.9 cm³/mol. The molecule has 104 valence electrons. The average molecular weight is 284 g/mol. The molecule has 1 heterocycles. The molecule has 0 saturated carbocycles. The number of benzene rings is 1. The van der Waals surface area contributed by atoms with Crippen LogP contribution < -0.4 is 4.74 Å². The molecule has 0 N–H and O–H groups in total. The highest BCUT2D eigenvalue weighted by Crippen LogP contribution is 2.45. The molecule has 1 aromatic rings. The SMILES string of the molecule is O=C1CCOc2c(C(F)(F)F)ccc(C(F)(F)F)c21. The van der Waals surface area contributed by atoms with Gasteiger partial charge in [-0.2, -0.15) is 26.3 Å². The van der Waals surface area contributed by atoms with Crippen molar-refractivity contribution in [3.05, 3.63) is 28.8 Å². The number of alkyl halides is 6. The number of carbonyl (C=O) groups excluding carboxylic acids is 1. The van der Waals surface area contributed by atoms with Crippen molar-refractivity contribution in [1.82, 2.24) is 0 Å². The van der Waals surface area contributed by atoms with Gasteiger partial charge in [-0.1, -0.05) is 0 Å². The van der Waals surface area contributed by atoms with Gasteiger partial charge in [-0.3, -0.25) is 4.79 Å². The lowest BCUT2D eigenvalue weighted by atomic mass is 9.95. The summed E-state index contributed by atoms with van der Waals surface area (Å²) in [5, 5.41) is 0. The van der Waals surface area contributed by atoms with Crippen LogP contribution >= 0.6 is 0 Å². The van der Waals surface area contributed by atoms with Gasteiger partial charge in [0.05, 0.1) is 23.3 Å². The number of hydrogen-bond donors (Lipinski definition) is 0. The lowest BCUT2D eigenvalue weighted by Crippen LogP contribution is -2.24. The Morgan fingerprint density at radius 3 is 2.00 bits per heavy atom. The molecule has 0 bridgehead atoms. The molecule has 1 aromatic carbocycles. The number of ether oxygens (including phenoxy) is 1. The van der Waals surface area contributed by atoms with Crippen molar-refractivity contribution in [2.45, 2.75) is 18.8 Å². The van der Waals surface area contributed by atoms with Crippen LogP contribution in [0.5, 0.6) is 5.75 Å². The number of hydrogen-bond acceptors (Lipinski definition) is 2. The van der Waals surface area contributed by atoms with Gasteiger partial charge in [0.1, 0.15) is 5.75 Å². The van der Waals surface area contributed by atoms with E-state index in [4.69, 9.17) is 0 Å². The van der Waals surface area contributed by atoms with E-state index in [9.17, 15) is 31.1 Å². The Bertz CT molecular complexity index is 529. The van der Waals surface area contributed by atoms with Gasteiger partial charge in [0.2, 0.25) is 0 Å². The third-order valence-corrected chi connectivity index (χ3v) is 2.62. The molecule has 2 nitrogen and oxygen atoms in total. The minimum Gasteiger partial charge on any atom is -0.492 e. The van der Waals surface area contributed by atoms with Crippen molar-refractivity contribution in [3.8, 4) is 5.75 Å². The Balaban J connectivity index is 2.74. The number of ketones is 1. The molecule has 1 aliphatic rings. The Labute approximate surface area is 103 Å². The highest BCUT2D eigenvalue weighted by atomic mass is 19.4. The second kappa shape index (κ2) is 4.14. The largest absolute Gasteiger partial charge is 0.492 e. The van der Waals surface area contributed by atoms with Crippen LogP contribution in [0.3, 0.4) is 0 Å². The molecular weight excluding hydrogens is 278 g/mol.